The number of nitrogens with one attached hydrogen (secondary N) is 1. The summed E-state index contributed by atoms with van der Waals surface area (Å²) in [6, 6.07) is 3.03. The van der Waals surface area contributed by atoms with E-state index in [0.29, 0.717) is 53.5 Å². The second kappa shape index (κ2) is 8.76. The van der Waals surface area contributed by atoms with Crippen LogP contribution in [0.25, 0.3) is 0 Å². The molecule has 0 aliphatic carbocycles. The van der Waals surface area contributed by atoms with Gasteiger partial charge in [-0.15, -0.1) is 0 Å². The Labute approximate surface area is 167 Å². The summed E-state index contributed by atoms with van der Waals surface area (Å²) in [5.41, 5.74) is 0.429. The lowest BCUT2D eigenvalue weighted by Crippen LogP contribution is -2.52. The van der Waals surface area contributed by atoms with Gasteiger partial charge in [-0.2, -0.15) is 0 Å². The Kier molecular flexibility index (Phi) is 6.64. The summed E-state index contributed by atoms with van der Waals surface area (Å²) in [5, 5.41) is 3.74. The van der Waals surface area contributed by atoms with Crippen LogP contribution in [0.15, 0.2) is 12.1 Å². The Balaban J connectivity index is 1.47. The van der Waals surface area contributed by atoms with E-state index in [-0.39, 0.29) is 24.5 Å². The molecule has 1 aromatic rings. The monoisotopic (exact) mass is 419 g/mol. The first-order valence-electron chi connectivity index (χ1n) is 8.51. The van der Waals surface area contributed by atoms with Gasteiger partial charge in [0.05, 0.1) is 27.3 Å². The third-order valence-corrected chi connectivity index (χ3v) is 5.58. The van der Waals surface area contributed by atoms with Crippen molar-refractivity contribution >= 4 is 52.3 Å². The van der Waals surface area contributed by atoms with Gasteiger partial charge < -0.3 is 15.0 Å². The number of ether oxygens (including phenoxy) is 1. The standard InChI is InChI=1S/C17H20Cl3N3O3/c18-11-8-13(20)14(9-12(11)19)21-16(24)10-22-3-5-23(6-4-22)17(25)15-2-1-7-26-15/h8-9,15H,1-7,10H2,(H,21,24). The van der Waals surface area contributed by atoms with Gasteiger partial charge in [0.25, 0.3) is 5.91 Å². The molecular weight excluding hydrogens is 401 g/mol. The number of nitrogens with zero attached hydrogens (tertiary/aromatic N) is 2. The van der Waals surface area contributed by atoms with E-state index in [1.807, 2.05) is 9.80 Å². The summed E-state index contributed by atoms with van der Waals surface area (Å²) >= 11 is 17.9. The van der Waals surface area contributed by atoms with E-state index >= 15 is 0 Å². The van der Waals surface area contributed by atoms with Gasteiger partial charge in [-0.3, -0.25) is 14.5 Å². The Morgan fingerprint density at radius 2 is 1.77 bits per heavy atom. The number of hydrogen-bond acceptors (Lipinski definition) is 4. The topological polar surface area (TPSA) is 61.9 Å². The van der Waals surface area contributed by atoms with Crippen LogP contribution in [0.1, 0.15) is 12.8 Å². The molecule has 142 valence electrons. The van der Waals surface area contributed by atoms with E-state index in [9.17, 15) is 9.59 Å². The molecule has 0 spiro atoms. The molecule has 26 heavy (non-hydrogen) atoms. The molecule has 0 radical (unpaired) electrons. The second-order valence-corrected chi connectivity index (χ2v) is 7.62. The molecule has 2 heterocycles. The molecule has 2 aliphatic rings. The minimum absolute atomic E-state index is 0.0641. The molecule has 1 unspecified atom stereocenters. The lowest BCUT2D eigenvalue weighted by atomic mass is 10.2. The fourth-order valence-corrected chi connectivity index (χ4v) is 3.71. The number of halogens is 3. The molecule has 1 aromatic carbocycles. The second-order valence-electron chi connectivity index (χ2n) is 6.40. The molecule has 2 saturated heterocycles. The third kappa shape index (κ3) is 4.81. The molecule has 1 atom stereocenters. The normalized spacial score (nSPS) is 21.0. The molecule has 0 aromatic heterocycles. The van der Waals surface area contributed by atoms with Crippen molar-refractivity contribution in [2.24, 2.45) is 0 Å². The van der Waals surface area contributed by atoms with Gasteiger partial charge in [-0.05, 0) is 25.0 Å². The molecule has 0 bridgehead atoms. The molecule has 2 aliphatic heterocycles. The predicted octanol–water partition coefficient (Wildman–Crippen LogP) is 2.91. The number of benzene rings is 1. The zero-order chi connectivity index (χ0) is 18.7. The van der Waals surface area contributed by atoms with Crippen molar-refractivity contribution in [2.45, 2.75) is 18.9 Å². The van der Waals surface area contributed by atoms with E-state index in [1.165, 1.54) is 12.1 Å². The van der Waals surface area contributed by atoms with E-state index in [2.05, 4.69) is 5.32 Å². The summed E-state index contributed by atoms with van der Waals surface area (Å²) in [7, 11) is 0. The van der Waals surface area contributed by atoms with Crippen molar-refractivity contribution in [3.63, 3.8) is 0 Å². The van der Waals surface area contributed by atoms with Crippen molar-refractivity contribution in [3.8, 4) is 0 Å². The average Bonchev–Trinajstić information content (AvgIpc) is 3.14. The lowest BCUT2D eigenvalue weighted by Gasteiger charge is -2.35. The zero-order valence-electron chi connectivity index (χ0n) is 14.1. The van der Waals surface area contributed by atoms with Crippen molar-refractivity contribution in [1.82, 2.24) is 9.80 Å². The molecule has 9 heteroatoms. The molecule has 1 N–H and O–H groups in total. The van der Waals surface area contributed by atoms with Crippen LogP contribution in [0.5, 0.6) is 0 Å². The molecule has 6 nitrogen and oxygen atoms in total. The van der Waals surface area contributed by atoms with Crippen LogP contribution in [-0.2, 0) is 14.3 Å². The highest BCUT2D eigenvalue weighted by molar-refractivity contribution is 6.44. The highest BCUT2D eigenvalue weighted by atomic mass is 35.5. The van der Waals surface area contributed by atoms with Crippen molar-refractivity contribution in [2.75, 3.05) is 44.6 Å². The van der Waals surface area contributed by atoms with Crippen LogP contribution < -0.4 is 5.32 Å². The van der Waals surface area contributed by atoms with Gasteiger partial charge >= 0.3 is 0 Å². The number of hydrogen-bond donors (Lipinski definition) is 1. The minimum Gasteiger partial charge on any atom is -0.368 e. The number of piperazine rings is 1. The summed E-state index contributed by atoms with van der Waals surface area (Å²) in [6.07, 6.45) is 1.45. The highest BCUT2D eigenvalue weighted by Crippen LogP contribution is 2.32. The first-order valence-corrected chi connectivity index (χ1v) is 9.64. The maximum Gasteiger partial charge on any atom is 0.251 e. The smallest absolute Gasteiger partial charge is 0.251 e. The predicted molar refractivity (Wildman–Crippen MR) is 102 cm³/mol. The molecule has 2 fully saturated rings. The third-order valence-electron chi connectivity index (χ3n) is 4.54. The summed E-state index contributed by atoms with van der Waals surface area (Å²) in [4.78, 5) is 28.4. The van der Waals surface area contributed by atoms with Gasteiger partial charge in [-0.25, -0.2) is 0 Å². The SMILES string of the molecule is O=C(CN1CCN(C(=O)C2CCCO2)CC1)Nc1cc(Cl)c(Cl)cc1Cl. The van der Waals surface area contributed by atoms with Crippen LogP contribution in [-0.4, -0.2) is 67.0 Å². The average molecular weight is 421 g/mol. The van der Waals surface area contributed by atoms with E-state index < -0.39 is 0 Å². The fourth-order valence-electron chi connectivity index (χ4n) is 3.11. The van der Waals surface area contributed by atoms with Gasteiger partial charge in [0, 0.05) is 32.8 Å². The zero-order valence-corrected chi connectivity index (χ0v) is 16.4. The first kappa shape index (κ1) is 19.7. The Bertz CT molecular complexity index is 687. The van der Waals surface area contributed by atoms with Crippen LogP contribution in [0.2, 0.25) is 15.1 Å². The molecular formula is C17H20Cl3N3O3. The number of carbonyl (C=O) groups excluding carboxylic acids is 2. The molecule has 3 rings (SSSR count). The quantitative estimate of drug-likeness (QED) is 0.761. The van der Waals surface area contributed by atoms with Gasteiger partial charge in [0.15, 0.2) is 0 Å². The number of anilines is 1. The molecule has 2 amide bonds. The van der Waals surface area contributed by atoms with Crippen LogP contribution in [0.4, 0.5) is 5.69 Å². The van der Waals surface area contributed by atoms with Crippen LogP contribution >= 0.6 is 34.8 Å². The summed E-state index contributed by atoms with van der Waals surface area (Å²) < 4.78 is 5.45. The maximum atomic E-state index is 12.3. The Hall–Kier alpha value is -1.05. The summed E-state index contributed by atoms with van der Waals surface area (Å²) in [5.74, 6) is -0.126. The van der Waals surface area contributed by atoms with Crippen molar-refractivity contribution < 1.29 is 14.3 Å². The largest absolute Gasteiger partial charge is 0.368 e. The minimum atomic E-state index is -0.290. The van der Waals surface area contributed by atoms with Crippen LogP contribution in [0.3, 0.4) is 0 Å². The van der Waals surface area contributed by atoms with Crippen molar-refractivity contribution in [3.05, 3.63) is 27.2 Å². The van der Waals surface area contributed by atoms with Gasteiger partial charge in [-0.1, -0.05) is 34.8 Å². The summed E-state index contributed by atoms with van der Waals surface area (Å²) in [6.45, 7) is 3.35. The lowest BCUT2D eigenvalue weighted by molar-refractivity contribution is -0.142. The first-order chi connectivity index (χ1) is 12.4. The Morgan fingerprint density at radius 3 is 2.42 bits per heavy atom. The molecule has 0 saturated carbocycles. The van der Waals surface area contributed by atoms with Gasteiger partial charge in [0.2, 0.25) is 5.91 Å². The van der Waals surface area contributed by atoms with Crippen molar-refractivity contribution in [1.29, 1.82) is 0 Å². The maximum absolute atomic E-state index is 12.3. The van der Waals surface area contributed by atoms with E-state index in [1.54, 1.807) is 0 Å². The number of carbonyl (C=O) groups is 2. The number of rotatable bonds is 4. The number of amides is 2. The highest BCUT2D eigenvalue weighted by Gasteiger charge is 2.30. The van der Waals surface area contributed by atoms with E-state index in [0.717, 1.165) is 12.8 Å². The Morgan fingerprint density at radius 1 is 1.08 bits per heavy atom. The fraction of sp³-hybridized carbons (Fsp3) is 0.529. The van der Waals surface area contributed by atoms with E-state index in [4.69, 9.17) is 39.5 Å². The van der Waals surface area contributed by atoms with Crippen LogP contribution in [0, 0.1) is 0 Å². The van der Waals surface area contributed by atoms with Gasteiger partial charge in [0.1, 0.15) is 6.10 Å².